The number of hydrogen-bond donors (Lipinski definition) is 2. The van der Waals surface area contributed by atoms with E-state index in [1.54, 1.807) is 0 Å². The van der Waals surface area contributed by atoms with Crippen LogP contribution in [0.3, 0.4) is 0 Å². The van der Waals surface area contributed by atoms with Gasteiger partial charge in [-0.25, -0.2) is 0 Å². The maximum Gasteiger partial charge on any atom is 0.299 e. The third-order valence-electron chi connectivity index (χ3n) is 3.07. The molecule has 2 rings (SSSR count). The zero-order chi connectivity index (χ0) is 14.5. The zero-order valence-corrected chi connectivity index (χ0v) is 10.9. The van der Waals surface area contributed by atoms with Crippen LogP contribution in [0.15, 0.2) is 18.2 Å². The summed E-state index contributed by atoms with van der Waals surface area (Å²) in [5, 5.41) is 27.8. The van der Waals surface area contributed by atoms with E-state index in [9.17, 15) is 20.2 Å². The lowest BCUT2D eigenvalue weighted by Crippen LogP contribution is -2.20. The molecule has 0 atom stereocenters. The SMILES string of the molecule is O=[N+]([O-])c1ccc(NCCCNC2CC2)c([N+](=O)[O-])c1. The highest BCUT2D eigenvalue weighted by molar-refractivity contribution is 5.65. The van der Waals surface area contributed by atoms with Gasteiger partial charge in [0.2, 0.25) is 0 Å². The molecule has 1 aliphatic carbocycles. The number of benzene rings is 1. The van der Waals surface area contributed by atoms with Crippen molar-refractivity contribution in [2.45, 2.75) is 25.3 Å². The number of anilines is 1. The number of non-ortho nitro benzene ring substituents is 1. The first-order chi connectivity index (χ1) is 9.58. The van der Waals surface area contributed by atoms with Crippen molar-refractivity contribution in [2.75, 3.05) is 18.4 Å². The van der Waals surface area contributed by atoms with Crippen molar-refractivity contribution >= 4 is 17.1 Å². The molecule has 1 aliphatic rings. The van der Waals surface area contributed by atoms with Gasteiger partial charge in [-0.1, -0.05) is 0 Å². The van der Waals surface area contributed by atoms with Gasteiger partial charge in [-0.05, 0) is 31.9 Å². The normalized spacial score (nSPS) is 14.0. The summed E-state index contributed by atoms with van der Waals surface area (Å²) in [5.74, 6) is 0. The van der Waals surface area contributed by atoms with Gasteiger partial charge < -0.3 is 10.6 Å². The Morgan fingerprint density at radius 1 is 1.15 bits per heavy atom. The highest BCUT2D eigenvalue weighted by Crippen LogP contribution is 2.28. The first-order valence-corrected chi connectivity index (χ1v) is 6.48. The molecular formula is C12H16N4O4. The average Bonchev–Trinajstić information content (AvgIpc) is 3.22. The molecule has 8 heteroatoms. The van der Waals surface area contributed by atoms with Gasteiger partial charge in [0.05, 0.1) is 15.9 Å². The number of nitro groups is 2. The Hall–Kier alpha value is -2.22. The summed E-state index contributed by atoms with van der Waals surface area (Å²) in [6.45, 7) is 1.44. The van der Waals surface area contributed by atoms with Crippen molar-refractivity contribution < 1.29 is 9.85 Å². The van der Waals surface area contributed by atoms with E-state index in [0.29, 0.717) is 18.3 Å². The van der Waals surface area contributed by atoms with Crippen LogP contribution in [0.25, 0.3) is 0 Å². The number of nitro benzene ring substituents is 2. The predicted octanol–water partition coefficient (Wildman–Crippen LogP) is 2.06. The van der Waals surface area contributed by atoms with Gasteiger partial charge >= 0.3 is 0 Å². The van der Waals surface area contributed by atoms with E-state index in [4.69, 9.17) is 0 Å². The number of nitrogens with zero attached hydrogens (tertiary/aromatic N) is 2. The van der Waals surface area contributed by atoms with Gasteiger partial charge in [0, 0.05) is 18.7 Å². The molecule has 8 nitrogen and oxygen atoms in total. The maximum atomic E-state index is 10.9. The van der Waals surface area contributed by atoms with Crippen LogP contribution in [0.4, 0.5) is 17.1 Å². The molecule has 0 radical (unpaired) electrons. The third kappa shape index (κ3) is 3.89. The fourth-order valence-corrected chi connectivity index (χ4v) is 1.84. The molecule has 20 heavy (non-hydrogen) atoms. The third-order valence-corrected chi connectivity index (χ3v) is 3.07. The van der Waals surface area contributed by atoms with Crippen molar-refractivity contribution in [3.05, 3.63) is 38.4 Å². The van der Waals surface area contributed by atoms with Gasteiger partial charge in [0.1, 0.15) is 5.69 Å². The van der Waals surface area contributed by atoms with Crippen LogP contribution in [0.1, 0.15) is 19.3 Å². The minimum atomic E-state index is -0.643. The van der Waals surface area contributed by atoms with E-state index in [-0.39, 0.29) is 11.4 Å². The molecule has 0 bridgehead atoms. The van der Waals surface area contributed by atoms with Crippen LogP contribution < -0.4 is 10.6 Å². The summed E-state index contributed by atoms with van der Waals surface area (Å²) in [5.41, 5.74) is -0.237. The van der Waals surface area contributed by atoms with Crippen LogP contribution in [-0.2, 0) is 0 Å². The molecule has 0 saturated heterocycles. The van der Waals surface area contributed by atoms with Crippen LogP contribution >= 0.6 is 0 Å². The zero-order valence-electron chi connectivity index (χ0n) is 10.9. The lowest BCUT2D eigenvalue weighted by molar-refractivity contribution is -0.393. The van der Waals surface area contributed by atoms with Gasteiger partial charge in [-0.15, -0.1) is 0 Å². The Bertz CT molecular complexity index is 516. The van der Waals surface area contributed by atoms with E-state index in [2.05, 4.69) is 10.6 Å². The fourth-order valence-electron chi connectivity index (χ4n) is 1.84. The second-order valence-electron chi connectivity index (χ2n) is 4.72. The van der Waals surface area contributed by atoms with Crippen molar-refractivity contribution in [1.82, 2.24) is 5.32 Å². The van der Waals surface area contributed by atoms with E-state index >= 15 is 0 Å². The molecule has 0 heterocycles. The maximum absolute atomic E-state index is 10.9. The largest absolute Gasteiger partial charge is 0.379 e. The lowest BCUT2D eigenvalue weighted by atomic mass is 10.2. The molecule has 1 fully saturated rings. The molecule has 0 aliphatic heterocycles. The monoisotopic (exact) mass is 280 g/mol. The van der Waals surface area contributed by atoms with E-state index in [0.717, 1.165) is 19.0 Å². The lowest BCUT2D eigenvalue weighted by Gasteiger charge is -2.07. The van der Waals surface area contributed by atoms with E-state index in [1.807, 2.05) is 0 Å². The molecule has 1 aromatic rings. The van der Waals surface area contributed by atoms with Gasteiger partial charge in [-0.2, -0.15) is 0 Å². The quantitative estimate of drug-likeness (QED) is 0.428. The summed E-state index contributed by atoms with van der Waals surface area (Å²) in [7, 11) is 0. The highest BCUT2D eigenvalue weighted by Gasteiger charge is 2.20. The Kier molecular flexibility index (Phi) is 4.46. The first-order valence-electron chi connectivity index (χ1n) is 6.48. The first kappa shape index (κ1) is 14.2. The smallest absolute Gasteiger partial charge is 0.299 e. The fraction of sp³-hybridized carbons (Fsp3) is 0.500. The summed E-state index contributed by atoms with van der Waals surface area (Å²) in [6.07, 6.45) is 3.28. The van der Waals surface area contributed by atoms with Crippen LogP contribution in [0.2, 0.25) is 0 Å². The Morgan fingerprint density at radius 3 is 2.50 bits per heavy atom. The molecule has 0 spiro atoms. The highest BCUT2D eigenvalue weighted by atomic mass is 16.6. The van der Waals surface area contributed by atoms with Crippen LogP contribution in [0.5, 0.6) is 0 Å². The Labute approximate surface area is 115 Å². The van der Waals surface area contributed by atoms with Crippen molar-refractivity contribution in [2.24, 2.45) is 0 Å². The summed E-state index contributed by atoms with van der Waals surface area (Å²) >= 11 is 0. The number of hydrogen-bond acceptors (Lipinski definition) is 6. The Balaban J connectivity index is 1.91. The topological polar surface area (TPSA) is 110 Å². The molecule has 0 aromatic heterocycles. The van der Waals surface area contributed by atoms with Gasteiger partial charge in [0.25, 0.3) is 11.4 Å². The number of nitrogens with one attached hydrogen (secondary N) is 2. The second-order valence-corrected chi connectivity index (χ2v) is 4.72. The van der Waals surface area contributed by atoms with Crippen molar-refractivity contribution in [3.8, 4) is 0 Å². The molecule has 1 saturated carbocycles. The van der Waals surface area contributed by atoms with E-state index < -0.39 is 9.85 Å². The summed E-state index contributed by atoms with van der Waals surface area (Å²) in [4.78, 5) is 20.3. The predicted molar refractivity (Wildman–Crippen MR) is 73.9 cm³/mol. The summed E-state index contributed by atoms with van der Waals surface area (Å²) < 4.78 is 0. The van der Waals surface area contributed by atoms with Gasteiger partial charge in [-0.3, -0.25) is 20.2 Å². The standard InChI is InChI=1S/C12H16N4O4/c17-15(18)10-4-5-11(12(8-10)16(19)20)14-7-1-6-13-9-2-3-9/h4-5,8-9,13-14H,1-3,6-7H2. The van der Waals surface area contributed by atoms with E-state index in [1.165, 1.54) is 25.0 Å². The summed E-state index contributed by atoms with van der Waals surface area (Å²) in [6, 6.07) is 4.26. The minimum absolute atomic E-state index is 0.269. The van der Waals surface area contributed by atoms with Crippen LogP contribution in [0, 0.1) is 20.2 Å². The average molecular weight is 280 g/mol. The van der Waals surface area contributed by atoms with Crippen LogP contribution in [-0.4, -0.2) is 29.0 Å². The minimum Gasteiger partial charge on any atom is -0.379 e. The van der Waals surface area contributed by atoms with Gasteiger partial charge in [0.15, 0.2) is 0 Å². The van der Waals surface area contributed by atoms with Crippen molar-refractivity contribution in [1.29, 1.82) is 0 Å². The molecule has 0 amide bonds. The molecule has 1 aromatic carbocycles. The second kappa shape index (κ2) is 6.29. The Morgan fingerprint density at radius 2 is 1.90 bits per heavy atom. The molecule has 0 unspecified atom stereocenters. The molecular weight excluding hydrogens is 264 g/mol. The molecule has 2 N–H and O–H groups in total. The van der Waals surface area contributed by atoms with Crippen molar-refractivity contribution in [3.63, 3.8) is 0 Å². The molecule has 108 valence electrons. The number of rotatable bonds is 8.